The van der Waals surface area contributed by atoms with Crippen LogP contribution in [0.4, 0.5) is 17.6 Å². The van der Waals surface area contributed by atoms with Gasteiger partial charge in [-0.1, -0.05) is 60.7 Å². The van der Waals surface area contributed by atoms with E-state index in [1.165, 1.54) is 12.2 Å². The number of benzene rings is 1. The molecule has 174 valence electrons. The molecule has 2 aliphatic carbocycles. The van der Waals surface area contributed by atoms with Gasteiger partial charge in [-0.3, -0.25) is 4.79 Å². The average Bonchev–Trinajstić information content (AvgIpc) is 2.84. The van der Waals surface area contributed by atoms with Crippen molar-refractivity contribution in [3.8, 4) is 0 Å². The molecule has 1 aromatic carbocycles. The summed E-state index contributed by atoms with van der Waals surface area (Å²) >= 11 is 0. The van der Waals surface area contributed by atoms with Crippen LogP contribution in [0.25, 0.3) is 11.1 Å². The average molecular weight is 458 g/mol. The minimum atomic E-state index is -2.02. The second-order valence-electron chi connectivity index (χ2n) is 8.56. The number of ether oxygens (including phenoxy) is 1. The lowest BCUT2D eigenvalue weighted by atomic mass is 9.84. The second kappa shape index (κ2) is 10.0. The molecule has 0 bridgehead atoms. The molecule has 1 aliphatic heterocycles. The van der Waals surface area contributed by atoms with Crippen LogP contribution in [0.1, 0.15) is 30.9 Å². The van der Waals surface area contributed by atoms with Crippen LogP contribution < -0.4 is 0 Å². The maximum atomic E-state index is 15.1. The normalized spacial score (nSPS) is 32.6. The molecule has 0 N–H and O–H groups in total. The van der Waals surface area contributed by atoms with E-state index in [2.05, 4.69) is 6.08 Å². The molecule has 1 saturated heterocycles. The third-order valence-electron chi connectivity index (χ3n) is 6.49. The molecule has 0 spiro atoms. The van der Waals surface area contributed by atoms with Crippen LogP contribution in [0.15, 0.2) is 71.9 Å². The van der Waals surface area contributed by atoms with Gasteiger partial charge in [-0.25, -0.2) is 17.6 Å². The Labute approximate surface area is 191 Å². The Kier molecular flexibility index (Phi) is 7.13. The van der Waals surface area contributed by atoms with Crippen LogP contribution in [0, 0.1) is 5.92 Å². The molecule has 0 aromatic heterocycles. The third-order valence-corrected chi connectivity index (χ3v) is 6.49. The molecule has 1 aromatic rings. The van der Waals surface area contributed by atoms with E-state index in [-0.39, 0.29) is 16.7 Å². The molecule has 1 fully saturated rings. The number of alkyl halides is 4. The van der Waals surface area contributed by atoms with Gasteiger partial charge in [0.1, 0.15) is 6.29 Å². The van der Waals surface area contributed by atoms with E-state index >= 15 is 8.78 Å². The van der Waals surface area contributed by atoms with Gasteiger partial charge in [-0.05, 0) is 47.6 Å². The van der Waals surface area contributed by atoms with Crippen LogP contribution in [0.5, 0.6) is 0 Å². The molecule has 4 rings (SSSR count). The van der Waals surface area contributed by atoms with Gasteiger partial charge >= 0.3 is 0 Å². The van der Waals surface area contributed by atoms with Crippen molar-refractivity contribution >= 4 is 17.4 Å². The summed E-state index contributed by atoms with van der Waals surface area (Å²) in [6.07, 6.45) is 3.58. The lowest BCUT2D eigenvalue weighted by Gasteiger charge is -2.33. The SMILES string of the molecule is C/C=C/C1CCC(C2=CC=C(c3ccc(C4=CC=C(C=O)C(F)C4F)cc3)C(F)C2F)OC1. The molecule has 2 nitrogen and oxygen atoms in total. The molecule has 0 saturated carbocycles. The number of allylic oxidation sites excluding steroid dienone is 8. The Morgan fingerprint density at radius 2 is 1.42 bits per heavy atom. The Balaban J connectivity index is 1.52. The summed E-state index contributed by atoms with van der Waals surface area (Å²) in [4.78, 5) is 10.8. The lowest BCUT2D eigenvalue weighted by molar-refractivity contribution is -0.105. The first-order valence-electron chi connectivity index (χ1n) is 11.1. The van der Waals surface area contributed by atoms with Crippen molar-refractivity contribution in [1.82, 2.24) is 0 Å². The molecular weight excluding hydrogens is 432 g/mol. The fourth-order valence-corrected chi connectivity index (χ4v) is 4.61. The van der Waals surface area contributed by atoms with Gasteiger partial charge in [-0.2, -0.15) is 0 Å². The van der Waals surface area contributed by atoms with E-state index in [0.29, 0.717) is 41.9 Å². The maximum Gasteiger partial charge on any atom is 0.164 e. The van der Waals surface area contributed by atoms with Gasteiger partial charge in [0.2, 0.25) is 0 Å². The lowest BCUT2D eigenvalue weighted by Crippen LogP contribution is -2.35. The fraction of sp³-hybridized carbons (Fsp3) is 0.370. The van der Waals surface area contributed by atoms with Crippen LogP contribution in [0.3, 0.4) is 0 Å². The summed E-state index contributed by atoms with van der Waals surface area (Å²) in [6, 6.07) is 6.23. The highest BCUT2D eigenvalue weighted by Crippen LogP contribution is 2.38. The summed E-state index contributed by atoms with van der Waals surface area (Å²) < 4.78 is 64.4. The zero-order valence-corrected chi connectivity index (χ0v) is 18.3. The minimum absolute atomic E-state index is 0.102. The highest BCUT2D eigenvalue weighted by molar-refractivity contribution is 5.83. The first kappa shape index (κ1) is 23.4. The van der Waals surface area contributed by atoms with Crippen LogP contribution in [-0.4, -0.2) is 43.7 Å². The topological polar surface area (TPSA) is 26.3 Å². The number of carbonyl (C=O) groups excluding carboxylic acids is 1. The molecule has 1 heterocycles. The first-order chi connectivity index (χ1) is 15.9. The molecule has 6 heteroatoms. The van der Waals surface area contributed by atoms with Crippen molar-refractivity contribution in [1.29, 1.82) is 0 Å². The van der Waals surface area contributed by atoms with Gasteiger partial charge < -0.3 is 4.74 Å². The van der Waals surface area contributed by atoms with Crippen LogP contribution in [-0.2, 0) is 9.53 Å². The Bertz CT molecular complexity index is 1030. The molecule has 0 radical (unpaired) electrons. The van der Waals surface area contributed by atoms with E-state index < -0.39 is 30.8 Å². The molecule has 0 amide bonds. The van der Waals surface area contributed by atoms with Crippen molar-refractivity contribution in [2.24, 2.45) is 5.92 Å². The Morgan fingerprint density at radius 3 is 1.97 bits per heavy atom. The number of aldehydes is 1. The predicted molar refractivity (Wildman–Crippen MR) is 121 cm³/mol. The maximum absolute atomic E-state index is 15.1. The van der Waals surface area contributed by atoms with Crippen molar-refractivity contribution in [3.63, 3.8) is 0 Å². The van der Waals surface area contributed by atoms with Gasteiger partial charge in [0.25, 0.3) is 0 Å². The van der Waals surface area contributed by atoms with Crippen molar-refractivity contribution in [3.05, 3.63) is 83.0 Å². The number of carbonyl (C=O) groups is 1. The molecule has 3 aliphatic rings. The molecule has 6 unspecified atom stereocenters. The van der Waals surface area contributed by atoms with Crippen LogP contribution in [0.2, 0.25) is 0 Å². The number of hydrogen-bond acceptors (Lipinski definition) is 2. The highest BCUT2D eigenvalue weighted by Gasteiger charge is 2.37. The summed E-state index contributed by atoms with van der Waals surface area (Å²) in [5.41, 5.74) is 1.26. The summed E-state index contributed by atoms with van der Waals surface area (Å²) in [5, 5.41) is 0. The van der Waals surface area contributed by atoms with E-state index in [1.54, 1.807) is 36.4 Å². The zero-order chi connectivity index (χ0) is 23.5. The minimum Gasteiger partial charge on any atom is -0.373 e. The predicted octanol–water partition coefficient (Wildman–Crippen LogP) is 6.26. The third kappa shape index (κ3) is 4.67. The van der Waals surface area contributed by atoms with Crippen molar-refractivity contribution < 1.29 is 27.1 Å². The highest BCUT2D eigenvalue weighted by atomic mass is 19.2. The number of halogens is 4. The second-order valence-corrected chi connectivity index (χ2v) is 8.56. The largest absolute Gasteiger partial charge is 0.373 e. The summed E-state index contributed by atoms with van der Waals surface area (Å²) in [7, 11) is 0. The first-order valence-corrected chi connectivity index (χ1v) is 11.1. The summed E-state index contributed by atoms with van der Waals surface area (Å²) in [6.45, 7) is 2.43. The van der Waals surface area contributed by atoms with Gasteiger partial charge in [0.05, 0.1) is 12.7 Å². The van der Waals surface area contributed by atoms with E-state index in [4.69, 9.17) is 4.74 Å². The number of rotatable bonds is 5. The van der Waals surface area contributed by atoms with Crippen molar-refractivity contribution in [2.75, 3.05) is 6.61 Å². The van der Waals surface area contributed by atoms with E-state index in [1.807, 2.05) is 13.0 Å². The van der Waals surface area contributed by atoms with Gasteiger partial charge in [-0.15, -0.1) is 0 Å². The summed E-state index contributed by atoms with van der Waals surface area (Å²) in [5.74, 6) is 0.302. The monoisotopic (exact) mass is 458 g/mol. The van der Waals surface area contributed by atoms with Crippen molar-refractivity contribution in [2.45, 2.75) is 50.6 Å². The molecular formula is C27H26F4O2. The van der Waals surface area contributed by atoms with E-state index in [0.717, 1.165) is 6.42 Å². The molecule has 33 heavy (non-hydrogen) atoms. The Hall–Kier alpha value is -2.73. The smallest absolute Gasteiger partial charge is 0.164 e. The fourth-order valence-electron chi connectivity index (χ4n) is 4.61. The quantitative estimate of drug-likeness (QED) is 0.296. The zero-order valence-electron chi connectivity index (χ0n) is 18.3. The molecule has 6 atom stereocenters. The number of hydrogen-bond donors (Lipinski definition) is 0. The van der Waals surface area contributed by atoms with Crippen LogP contribution >= 0.6 is 0 Å². The van der Waals surface area contributed by atoms with Gasteiger partial charge in [0, 0.05) is 11.5 Å². The van der Waals surface area contributed by atoms with E-state index in [9.17, 15) is 13.6 Å². The standard InChI is InChI=1S/C27H26F4O2/c1-2-3-16-4-13-23(33-15-16)22-12-11-21(26(30)27(22)31)18-7-5-17(6-8-18)20-10-9-19(14-32)24(28)25(20)29/h2-3,5-12,14,16,23-27H,4,13,15H2,1H3/b3-2+. The van der Waals surface area contributed by atoms with Gasteiger partial charge in [0.15, 0.2) is 24.7 Å². The Morgan fingerprint density at radius 1 is 0.818 bits per heavy atom.